The molecule has 1 aromatic carbocycles. The predicted molar refractivity (Wildman–Crippen MR) is 67.1 cm³/mol. The molecule has 1 amide bonds. The Bertz CT molecular complexity index is 494. The minimum Gasteiger partial charge on any atom is -0.493 e. The number of hydrogen-bond donors (Lipinski definition) is 1. The van der Waals surface area contributed by atoms with Gasteiger partial charge in [0.25, 0.3) is 5.91 Å². The summed E-state index contributed by atoms with van der Waals surface area (Å²) in [6.07, 6.45) is 0.948. The monoisotopic (exact) mass is 262 g/mol. The number of carbonyl (C=O) groups excluding carboxylic acids is 2. The molecule has 0 aliphatic carbocycles. The van der Waals surface area contributed by atoms with Crippen molar-refractivity contribution in [3.05, 3.63) is 23.8 Å². The van der Waals surface area contributed by atoms with E-state index in [9.17, 15) is 9.59 Å². The van der Waals surface area contributed by atoms with Crippen LogP contribution in [0.15, 0.2) is 18.2 Å². The third-order valence-corrected chi connectivity index (χ3v) is 2.24. The Morgan fingerprint density at radius 1 is 1.47 bits per heavy atom. The number of hydrogen-bond acceptors (Lipinski definition) is 5. The number of aldehydes is 1. The van der Waals surface area contributed by atoms with Crippen LogP contribution in [-0.2, 0) is 4.79 Å². The van der Waals surface area contributed by atoms with E-state index in [-0.39, 0.29) is 18.9 Å². The summed E-state index contributed by atoms with van der Waals surface area (Å²) in [5, 5.41) is 10.9. The molecule has 0 atom stereocenters. The highest BCUT2D eigenvalue weighted by Crippen LogP contribution is 2.27. The molecule has 0 aliphatic heterocycles. The molecule has 0 bridgehead atoms. The SMILES string of the molecule is COc1cc(C=O)ccc1OCC(=O)NCCC#N. The van der Waals surface area contributed by atoms with Crippen molar-refractivity contribution in [2.24, 2.45) is 0 Å². The van der Waals surface area contributed by atoms with Gasteiger partial charge in [0.1, 0.15) is 6.29 Å². The van der Waals surface area contributed by atoms with Crippen LogP contribution in [-0.4, -0.2) is 32.5 Å². The van der Waals surface area contributed by atoms with E-state index in [0.29, 0.717) is 29.9 Å². The number of nitriles is 1. The molecule has 0 fully saturated rings. The lowest BCUT2D eigenvalue weighted by atomic mass is 10.2. The quantitative estimate of drug-likeness (QED) is 0.583. The molecule has 0 saturated heterocycles. The highest BCUT2D eigenvalue weighted by Gasteiger charge is 2.08. The maximum atomic E-state index is 11.4. The van der Waals surface area contributed by atoms with Gasteiger partial charge in [-0.05, 0) is 18.2 Å². The van der Waals surface area contributed by atoms with Crippen LogP contribution in [0.3, 0.4) is 0 Å². The van der Waals surface area contributed by atoms with Gasteiger partial charge < -0.3 is 14.8 Å². The lowest BCUT2D eigenvalue weighted by Gasteiger charge is -2.10. The fraction of sp³-hybridized carbons (Fsp3) is 0.308. The molecular formula is C13H14N2O4. The first kappa shape index (κ1) is 14.5. The van der Waals surface area contributed by atoms with Crippen LogP contribution >= 0.6 is 0 Å². The molecule has 1 aromatic rings. The van der Waals surface area contributed by atoms with Gasteiger partial charge in [0, 0.05) is 12.1 Å². The highest BCUT2D eigenvalue weighted by atomic mass is 16.5. The number of nitrogens with one attached hydrogen (secondary N) is 1. The Morgan fingerprint density at radius 3 is 2.89 bits per heavy atom. The molecule has 0 heterocycles. The maximum Gasteiger partial charge on any atom is 0.257 e. The fourth-order valence-corrected chi connectivity index (χ4v) is 1.33. The van der Waals surface area contributed by atoms with Crippen molar-refractivity contribution < 1.29 is 19.1 Å². The molecule has 0 radical (unpaired) electrons. The van der Waals surface area contributed by atoms with Gasteiger partial charge in [0.05, 0.1) is 19.6 Å². The summed E-state index contributed by atoms with van der Waals surface area (Å²) < 4.78 is 10.3. The Hall–Kier alpha value is -2.55. The second-order valence-electron chi connectivity index (χ2n) is 3.57. The summed E-state index contributed by atoms with van der Waals surface area (Å²) in [5.74, 6) is 0.440. The maximum absolute atomic E-state index is 11.4. The molecule has 100 valence electrons. The van der Waals surface area contributed by atoms with Crippen molar-refractivity contribution in [3.8, 4) is 17.6 Å². The number of ether oxygens (including phenoxy) is 2. The van der Waals surface area contributed by atoms with Gasteiger partial charge in [-0.1, -0.05) is 0 Å². The Kier molecular flexibility index (Phi) is 5.89. The van der Waals surface area contributed by atoms with Gasteiger partial charge in [-0.15, -0.1) is 0 Å². The third kappa shape index (κ3) is 4.68. The Balaban J connectivity index is 2.55. The van der Waals surface area contributed by atoms with E-state index >= 15 is 0 Å². The zero-order chi connectivity index (χ0) is 14.1. The molecule has 0 unspecified atom stereocenters. The highest BCUT2D eigenvalue weighted by molar-refractivity contribution is 5.78. The number of benzene rings is 1. The second-order valence-corrected chi connectivity index (χ2v) is 3.57. The molecule has 1 rings (SSSR count). The molecule has 0 aliphatic rings. The molecule has 6 heteroatoms. The Labute approximate surface area is 110 Å². The van der Waals surface area contributed by atoms with Gasteiger partial charge in [-0.2, -0.15) is 5.26 Å². The Morgan fingerprint density at radius 2 is 2.26 bits per heavy atom. The van der Waals surface area contributed by atoms with E-state index in [1.807, 2.05) is 6.07 Å². The molecule has 0 spiro atoms. The van der Waals surface area contributed by atoms with E-state index in [0.717, 1.165) is 0 Å². The van der Waals surface area contributed by atoms with E-state index in [1.54, 1.807) is 12.1 Å². The molecule has 6 nitrogen and oxygen atoms in total. The first-order valence-electron chi connectivity index (χ1n) is 5.61. The largest absolute Gasteiger partial charge is 0.493 e. The van der Waals surface area contributed by atoms with Crippen LogP contribution < -0.4 is 14.8 Å². The van der Waals surface area contributed by atoms with E-state index in [4.69, 9.17) is 14.7 Å². The van der Waals surface area contributed by atoms with E-state index in [2.05, 4.69) is 5.32 Å². The summed E-state index contributed by atoms with van der Waals surface area (Å²) >= 11 is 0. The average Bonchev–Trinajstić information content (AvgIpc) is 2.45. The van der Waals surface area contributed by atoms with Crippen LogP contribution in [0.25, 0.3) is 0 Å². The number of methoxy groups -OCH3 is 1. The van der Waals surface area contributed by atoms with Crippen LogP contribution in [0.1, 0.15) is 16.8 Å². The number of rotatable bonds is 7. The van der Waals surface area contributed by atoms with Crippen LogP contribution in [0.5, 0.6) is 11.5 Å². The normalized spacial score (nSPS) is 9.26. The minimum atomic E-state index is -0.322. The first-order chi connectivity index (χ1) is 9.21. The van der Waals surface area contributed by atoms with Crippen molar-refractivity contribution in [3.63, 3.8) is 0 Å². The van der Waals surface area contributed by atoms with Crippen LogP contribution in [0.2, 0.25) is 0 Å². The number of amides is 1. The fourth-order valence-electron chi connectivity index (χ4n) is 1.33. The molecule has 0 saturated carbocycles. The summed E-state index contributed by atoms with van der Waals surface area (Å²) in [7, 11) is 1.45. The molecule has 1 N–H and O–H groups in total. The van der Waals surface area contributed by atoms with Crippen LogP contribution in [0.4, 0.5) is 0 Å². The van der Waals surface area contributed by atoms with Crippen molar-refractivity contribution in [1.82, 2.24) is 5.32 Å². The third-order valence-electron chi connectivity index (χ3n) is 2.24. The minimum absolute atomic E-state index is 0.178. The molecule has 19 heavy (non-hydrogen) atoms. The summed E-state index contributed by atoms with van der Waals surface area (Å²) in [5.41, 5.74) is 0.461. The summed E-state index contributed by atoms with van der Waals surface area (Å²) in [6, 6.07) is 6.57. The second kappa shape index (κ2) is 7.71. The van der Waals surface area contributed by atoms with Gasteiger partial charge in [-0.25, -0.2) is 0 Å². The summed E-state index contributed by atoms with van der Waals surface area (Å²) in [4.78, 5) is 22.0. The number of nitrogens with zero attached hydrogens (tertiary/aromatic N) is 1. The van der Waals surface area contributed by atoms with Crippen molar-refractivity contribution in [2.75, 3.05) is 20.3 Å². The predicted octanol–water partition coefficient (Wildman–Crippen LogP) is 0.916. The zero-order valence-electron chi connectivity index (χ0n) is 10.5. The van der Waals surface area contributed by atoms with Crippen LogP contribution in [0, 0.1) is 11.3 Å². The number of carbonyl (C=O) groups is 2. The van der Waals surface area contributed by atoms with Crippen molar-refractivity contribution >= 4 is 12.2 Å². The van der Waals surface area contributed by atoms with Crippen molar-refractivity contribution in [2.45, 2.75) is 6.42 Å². The molecule has 0 aromatic heterocycles. The first-order valence-corrected chi connectivity index (χ1v) is 5.61. The summed E-state index contributed by atoms with van der Waals surface area (Å²) in [6.45, 7) is 0.113. The molecular weight excluding hydrogens is 248 g/mol. The van der Waals surface area contributed by atoms with Gasteiger partial charge in [0.2, 0.25) is 0 Å². The zero-order valence-corrected chi connectivity index (χ0v) is 10.5. The van der Waals surface area contributed by atoms with Gasteiger partial charge in [0.15, 0.2) is 18.1 Å². The lowest BCUT2D eigenvalue weighted by Crippen LogP contribution is -2.29. The average molecular weight is 262 g/mol. The standard InChI is InChI=1S/C13H14N2O4/c1-18-12-7-10(8-16)3-4-11(12)19-9-13(17)15-6-2-5-14/h3-4,7-8H,2,6,9H2,1H3,(H,15,17). The van der Waals surface area contributed by atoms with Crippen molar-refractivity contribution in [1.29, 1.82) is 5.26 Å². The smallest absolute Gasteiger partial charge is 0.257 e. The van der Waals surface area contributed by atoms with E-state index < -0.39 is 0 Å². The van der Waals surface area contributed by atoms with Gasteiger partial charge in [-0.3, -0.25) is 9.59 Å². The van der Waals surface area contributed by atoms with Gasteiger partial charge >= 0.3 is 0 Å². The topological polar surface area (TPSA) is 88.4 Å². The van der Waals surface area contributed by atoms with E-state index in [1.165, 1.54) is 13.2 Å². The lowest BCUT2D eigenvalue weighted by molar-refractivity contribution is -0.123.